The summed E-state index contributed by atoms with van der Waals surface area (Å²) in [6.07, 6.45) is 1.77. The van der Waals surface area contributed by atoms with Crippen LogP contribution < -0.4 is 0 Å². The summed E-state index contributed by atoms with van der Waals surface area (Å²) in [5.74, 6) is -0.721. The van der Waals surface area contributed by atoms with Crippen LogP contribution in [0.5, 0.6) is 0 Å². The topological polar surface area (TPSA) is 55.6 Å². The smallest absolute Gasteiger partial charge is 0.211 e. The second-order valence-electron chi connectivity index (χ2n) is 6.48. The van der Waals surface area contributed by atoms with Crippen molar-refractivity contribution in [2.45, 2.75) is 6.92 Å². The molecular weight excluding hydrogens is 326 g/mol. The van der Waals surface area contributed by atoms with Gasteiger partial charge in [0.05, 0.1) is 16.6 Å². The summed E-state index contributed by atoms with van der Waals surface area (Å²) in [7, 11) is 0. The Morgan fingerprint density at radius 3 is 2.23 bits per heavy atom. The van der Waals surface area contributed by atoms with Crippen molar-refractivity contribution < 1.29 is 14.4 Å². The van der Waals surface area contributed by atoms with Gasteiger partial charge in [-0.15, -0.1) is 0 Å². The Morgan fingerprint density at radius 1 is 0.846 bits per heavy atom. The highest BCUT2D eigenvalue weighted by Gasteiger charge is 2.37. The molecule has 124 valence electrons. The summed E-state index contributed by atoms with van der Waals surface area (Å²) in [5.41, 5.74) is 2.18. The molecule has 0 aliphatic heterocycles. The lowest BCUT2D eigenvalue weighted by Gasteiger charge is -2.15. The van der Waals surface area contributed by atoms with Crippen LogP contribution in [0.1, 0.15) is 49.3 Å². The van der Waals surface area contributed by atoms with E-state index in [2.05, 4.69) is 0 Å². The van der Waals surface area contributed by atoms with Gasteiger partial charge in [-0.1, -0.05) is 48.5 Å². The van der Waals surface area contributed by atoms with Crippen LogP contribution in [0.3, 0.4) is 0 Å². The molecule has 0 saturated carbocycles. The minimum Gasteiger partial charge on any atom is -0.312 e. The number of hydrogen-bond donors (Lipinski definition) is 0. The maximum Gasteiger partial charge on any atom is 0.211 e. The van der Waals surface area contributed by atoms with Gasteiger partial charge < -0.3 is 4.40 Å². The standard InChI is InChI=1S/C22H13NO3/c1-12(24)17-18-20(22(26)16-9-5-4-8-15(16)21(18)25)23-11-10-13-6-2-3-7-14(13)19(17)23/h2-11H,1H3. The zero-order chi connectivity index (χ0) is 18.0. The lowest BCUT2D eigenvalue weighted by atomic mass is 9.85. The molecule has 0 bridgehead atoms. The number of benzene rings is 2. The summed E-state index contributed by atoms with van der Waals surface area (Å²) in [4.78, 5) is 38.8. The summed E-state index contributed by atoms with van der Waals surface area (Å²) >= 11 is 0. The molecule has 2 heterocycles. The Bertz CT molecular complexity index is 1290. The van der Waals surface area contributed by atoms with E-state index in [-0.39, 0.29) is 28.6 Å². The number of carbonyl (C=O) groups excluding carboxylic acids is 3. The van der Waals surface area contributed by atoms with E-state index >= 15 is 0 Å². The fraction of sp³-hybridized carbons (Fsp3) is 0.0455. The van der Waals surface area contributed by atoms with Gasteiger partial charge in [0.1, 0.15) is 5.69 Å². The molecule has 0 amide bonds. The summed E-state index contributed by atoms with van der Waals surface area (Å²) < 4.78 is 1.70. The molecular formula is C22H13NO3. The van der Waals surface area contributed by atoms with Crippen LogP contribution in [0.2, 0.25) is 0 Å². The molecule has 0 saturated heterocycles. The molecule has 5 rings (SSSR count). The number of nitrogens with zero attached hydrogens (tertiary/aromatic N) is 1. The predicted octanol–water partition coefficient (Wildman–Crippen LogP) is 4.07. The number of carbonyl (C=O) groups is 3. The first-order chi connectivity index (χ1) is 12.6. The van der Waals surface area contributed by atoms with E-state index in [9.17, 15) is 14.4 Å². The molecule has 0 N–H and O–H groups in total. The largest absolute Gasteiger partial charge is 0.312 e. The van der Waals surface area contributed by atoms with Gasteiger partial charge >= 0.3 is 0 Å². The van der Waals surface area contributed by atoms with Gasteiger partial charge in [-0.25, -0.2) is 0 Å². The average molecular weight is 339 g/mol. The molecule has 0 fully saturated rings. The third-order valence-electron chi connectivity index (χ3n) is 5.04. The van der Waals surface area contributed by atoms with E-state index in [1.165, 1.54) is 6.92 Å². The van der Waals surface area contributed by atoms with Gasteiger partial charge in [-0.3, -0.25) is 14.4 Å². The van der Waals surface area contributed by atoms with E-state index in [1.807, 2.05) is 30.3 Å². The number of fused-ring (bicyclic) bond motifs is 6. The van der Waals surface area contributed by atoms with Crippen LogP contribution in [0.15, 0.2) is 60.8 Å². The highest BCUT2D eigenvalue weighted by molar-refractivity contribution is 6.33. The number of ketones is 3. The van der Waals surface area contributed by atoms with Gasteiger partial charge in [0.2, 0.25) is 5.78 Å². The molecule has 2 aromatic heterocycles. The SMILES string of the molecule is CC(=O)c1c2c(n3ccc4ccccc4c13)C(=O)c1ccccc1C2=O. The van der Waals surface area contributed by atoms with E-state index in [4.69, 9.17) is 0 Å². The van der Waals surface area contributed by atoms with Crippen molar-refractivity contribution in [2.24, 2.45) is 0 Å². The Kier molecular flexibility index (Phi) is 2.84. The number of aromatic nitrogens is 1. The number of hydrogen-bond acceptors (Lipinski definition) is 3. The molecule has 0 atom stereocenters. The van der Waals surface area contributed by atoms with Gasteiger partial charge in [-0.2, -0.15) is 0 Å². The van der Waals surface area contributed by atoms with Crippen LogP contribution in [-0.2, 0) is 0 Å². The summed E-state index contributed by atoms with van der Waals surface area (Å²) in [5, 5.41) is 1.80. The maximum atomic E-state index is 13.2. The van der Waals surface area contributed by atoms with Crippen LogP contribution in [-0.4, -0.2) is 21.8 Å². The number of rotatable bonds is 1. The Balaban J connectivity index is 2.04. The Labute approximate surface area is 148 Å². The average Bonchev–Trinajstić information content (AvgIpc) is 3.02. The molecule has 1 aliphatic carbocycles. The van der Waals surface area contributed by atoms with Crippen LogP contribution in [0.25, 0.3) is 16.3 Å². The molecule has 0 radical (unpaired) electrons. The quantitative estimate of drug-likeness (QED) is 0.433. The fourth-order valence-electron chi connectivity index (χ4n) is 3.94. The third-order valence-corrected chi connectivity index (χ3v) is 5.04. The second kappa shape index (κ2) is 4.99. The van der Waals surface area contributed by atoms with Gasteiger partial charge in [0.25, 0.3) is 0 Å². The van der Waals surface area contributed by atoms with Gasteiger partial charge in [0.15, 0.2) is 11.6 Å². The first kappa shape index (κ1) is 14.8. The highest BCUT2D eigenvalue weighted by atomic mass is 16.1. The molecule has 1 aliphatic rings. The fourth-order valence-corrected chi connectivity index (χ4v) is 3.94. The van der Waals surface area contributed by atoms with Crippen molar-refractivity contribution in [3.05, 3.63) is 88.7 Å². The van der Waals surface area contributed by atoms with E-state index < -0.39 is 0 Å². The highest BCUT2D eigenvalue weighted by Crippen LogP contribution is 2.36. The molecule has 2 aromatic carbocycles. The molecule has 4 heteroatoms. The molecule has 4 nitrogen and oxygen atoms in total. The van der Waals surface area contributed by atoms with Crippen LogP contribution >= 0.6 is 0 Å². The normalized spacial score (nSPS) is 13.1. The molecule has 0 spiro atoms. The van der Waals surface area contributed by atoms with E-state index in [1.54, 1.807) is 34.9 Å². The van der Waals surface area contributed by atoms with Gasteiger partial charge in [0, 0.05) is 22.7 Å². The van der Waals surface area contributed by atoms with Crippen molar-refractivity contribution in [3.63, 3.8) is 0 Å². The van der Waals surface area contributed by atoms with Crippen molar-refractivity contribution in [2.75, 3.05) is 0 Å². The summed E-state index contributed by atoms with van der Waals surface area (Å²) in [6.45, 7) is 1.44. The van der Waals surface area contributed by atoms with Gasteiger partial charge in [-0.05, 0) is 18.4 Å². The monoisotopic (exact) mass is 339 g/mol. The number of pyridine rings is 1. The first-order valence-corrected chi connectivity index (χ1v) is 8.34. The zero-order valence-corrected chi connectivity index (χ0v) is 13.9. The Hall–Kier alpha value is -3.53. The van der Waals surface area contributed by atoms with Crippen LogP contribution in [0, 0.1) is 0 Å². The molecule has 0 unspecified atom stereocenters. The minimum atomic E-state index is -0.270. The van der Waals surface area contributed by atoms with Crippen LogP contribution in [0.4, 0.5) is 0 Å². The Morgan fingerprint density at radius 2 is 1.50 bits per heavy atom. The second-order valence-corrected chi connectivity index (χ2v) is 6.48. The van der Waals surface area contributed by atoms with E-state index in [0.29, 0.717) is 22.2 Å². The minimum absolute atomic E-state index is 0.220. The lowest BCUT2D eigenvalue weighted by Crippen LogP contribution is -2.22. The maximum absolute atomic E-state index is 13.2. The third kappa shape index (κ3) is 1.70. The summed E-state index contributed by atoms with van der Waals surface area (Å²) in [6, 6.07) is 16.3. The lowest BCUT2D eigenvalue weighted by molar-refractivity contribution is 0.0967. The number of Topliss-reactive ketones (excluding diaryl/α,β-unsaturated/α-hetero) is 1. The first-order valence-electron chi connectivity index (χ1n) is 8.34. The zero-order valence-electron chi connectivity index (χ0n) is 13.9. The molecule has 4 aromatic rings. The van der Waals surface area contributed by atoms with Crippen molar-refractivity contribution in [3.8, 4) is 0 Å². The predicted molar refractivity (Wildman–Crippen MR) is 98.2 cm³/mol. The van der Waals surface area contributed by atoms with Crippen molar-refractivity contribution in [1.82, 2.24) is 4.40 Å². The van der Waals surface area contributed by atoms with E-state index in [0.717, 1.165) is 10.8 Å². The molecule has 26 heavy (non-hydrogen) atoms. The van der Waals surface area contributed by atoms with Crippen molar-refractivity contribution >= 4 is 33.6 Å². The van der Waals surface area contributed by atoms with Crippen molar-refractivity contribution in [1.29, 1.82) is 0 Å².